The van der Waals surface area contributed by atoms with Gasteiger partial charge in [0.05, 0.1) is 19.2 Å². The Kier molecular flexibility index (Phi) is 4.91. The molecule has 2 aromatic carbocycles. The first-order valence-electron chi connectivity index (χ1n) is 9.24. The van der Waals surface area contributed by atoms with Gasteiger partial charge in [-0.15, -0.1) is 0 Å². The third-order valence-corrected chi connectivity index (χ3v) is 5.33. The molecule has 2 heterocycles. The van der Waals surface area contributed by atoms with E-state index in [1.54, 1.807) is 0 Å². The summed E-state index contributed by atoms with van der Waals surface area (Å²) in [6.45, 7) is 2.59. The smallest absolute Gasteiger partial charge is 0.234 e. The number of fused-ring (bicyclic) bond motifs is 1. The highest BCUT2D eigenvalue weighted by atomic mass is 16.5. The van der Waals surface area contributed by atoms with Crippen molar-refractivity contribution in [3.63, 3.8) is 0 Å². The molecule has 3 N–H and O–H groups in total. The lowest BCUT2D eigenvalue weighted by atomic mass is 9.95. The summed E-state index contributed by atoms with van der Waals surface area (Å²) in [6, 6.07) is 18.3. The molecule has 26 heavy (non-hydrogen) atoms. The van der Waals surface area contributed by atoms with Crippen molar-refractivity contribution in [2.24, 2.45) is 5.73 Å². The van der Waals surface area contributed by atoms with Gasteiger partial charge in [0.1, 0.15) is 5.75 Å². The highest BCUT2D eigenvalue weighted by molar-refractivity contribution is 5.78. The van der Waals surface area contributed by atoms with Gasteiger partial charge in [0.25, 0.3) is 0 Å². The summed E-state index contributed by atoms with van der Waals surface area (Å²) in [5.74, 6) is 1.21. The first-order chi connectivity index (χ1) is 12.7. The Morgan fingerprint density at radius 2 is 1.88 bits per heavy atom. The summed E-state index contributed by atoms with van der Waals surface area (Å²) >= 11 is 0. The molecule has 1 saturated heterocycles. The van der Waals surface area contributed by atoms with Gasteiger partial charge in [-0.1, -0.05) is 48.5 Å². The Morgan fingerprint density at radius 3 is 2.73 bits per heavy atom. The highest BCUT2D eigenvalue weighted by Crippen LogP contribution is 2.31. The largest absolute Gasteiger partial charge is 0.493 e. The zero-order chi connectivity index (χ0) is 17.9. The first kappa shape index (κ1) is 17.1. The Balaban J connectivity index is 1.36. The van der Waals surface area contributed by atoms with Crippen LogP contribution in [0.15, 0.2) is 54.6 Å². The number of likely N-dealkylation sites (tertiary alicyclic amines) is 1. The molecule has 2 aliphatic rings. The molecule has 5 nitrogen and oxygen atoms in total. The summed E-state index contributed by atoms with van der Waals surface area (Å²) in [5.41, 5.74) is 8.65. The average Bonchev–Trinajstić information content (AvgIpc) is 3.03. The van der Waals surface area contributed by atoms with E-state index in [2.05, 4.69) is 22.3 Å². The van der Waals surface area contributed by atoms with E-state index < -0.39 is 0 Å². The number of ether oxygens (including phenoxy) is 1. The molecule has 1 fully saturated rings. The fourth-order valence-electron chi connectivity index (χ4n) is 4.03. The topological polar surface area (TPSA) is 67.6 Å². The zero-order valence-electron chi connectivity index (χ0n) is 14.8. The van der Waals surface area contributed by atoms with Crippen molar-refractivity contribution in [3.8, 4) is 5.75 Å². The summed E-state index contributed by atoms with van der Waals surface area (Å²) in [4.78, 5) is 14.7. The van der Waals surface area contributed by atoms with Crippen molar-refractivity contribution in [2.75, 3.05) is 26.2 Å². The molecule has 2 aromatic rings. The molecule has 0 aliphatic carbocycles. The van der Waals surface area contributed by atoms with E-state index in [9.17, 15) is 4.79 Å². The second-order valence-electron chi connectivity index (χ2n) is 7.17. The number of carbonyl (C=O) groups excluding carboxylic acids is 1. The summed E-state index contributed by atoms with van der Waals surface area (Å²) in [7, 11) is 0. The number of rotatable bonds is 4. The second kappa shape index (κ2) is 7.48. The fourth-order valence-corrected chi connectivity index (χ4v) is 4.03. The number of hydrogen-bond acceptors (Lipinski definition) is 4. The molecule has 0 aromatic heterocycles. The molecule has 5 heteroatoms. The Bertz CT molecular complexity index is 765. The van der Waals surface area contributed by atoms with E-state index in [1.807, 2.05) is 42.5 Å². The van der Waals surface area contributed by atoms with Crippen LogP contribution < -0.4 is 15.8 Å². The van der Waals surface area contributed by atoms with Gasteiger partial charge in [0.2, 0.25) is 5.91 Å². The number of nitrogens with one attached hydrogen (secondary N) is 1. The van der Waals surface area contributed by atoms with Crippen LogP contribution in [0, 0.1) is 0 Å². The lowest BCUT2D eigenvalue weighted by molar-refractivity contribution is -0.123. The van der Waals surface area contributed by atoms with E-state index >= 15 is 0 Å². The highest BCUT2D eigenvalue weighted by Gasteiger charge is 2.32. The van der Waals surface area contributed by atoms with E-state index in [4.69, 9.17) is 10.5 Å². The molecule has 1 amide bonds. The standard InChI is InChI=1S/C21H25N3O2/c22-18-13-24(12-17(18)15-6-2-1-3-7-15)14-21(25)23-19-10-11-26-20-9-5-4-8-16(19)20/h1-9,17-19H,10-14,22H2,(H,23,25)/t17-,18+,19?/m0/s1. The van der Waals surface area contributed by atoms with Gasteiger partial charge in [-0.05, 0) is 11.6 Å². The monoisotopic (exact) mass is 351 g/mol. The van der Waals surface area contributed by atoms with Gasteiger partial charge < -0.3 is 15.8 Å². The van der Waals surface area contributed by atoms with Gasteiger partial charge in [0.15, 0.2) is 0 Å². The van der Waals surface area contributed by atoms with E-state index in [0.29, 0.717) is 13.2 Å². The van der Waals surface area contributed by atoms with Crippen LogP contribution in [-0.2, 0) is 4.79 Å². The molecule has 4 rings (SSSR count). The molecule has 2 aliphatic heterocycles. The third kappa shape index (κ3) is 3.59. The summed E-state index contributed by atoms with van der Waals surface area (Å²) in [5, 5.41) is 3.17. The maximum Gasteiger partial charge on any atom is 0.234 e. The number of nitrogens with zero attached hydrogens (tertiary/aromatic N) is 1. The van der Waals surface area contributed by atoms with Crippen molar-refractivity contribution in [1.82, 2.24) is 10.2 Å². The summed E-state index contributed by atoms with van der Waals surface area (Å²) < 4.78 is 5.67. The second-order valence-corrected chi connectivity index (χ2v) is 7.17. The molecule has 0 saturated carbocycles. The Hall–Kier alpha value is -2.37. The lowest BCUT2D eigenvalue weighted by Crippen LogP contribution is -2.40. The fraction of sp³-hybridized carbons (Fsp3) is 0.381. The number of benzene rings is 2. The van der Waals surface area contributed by atoms with Gasteiger partial charge in [-0.25, -0.2) is 0 Å². The number of amides is 1. The van der Waals surface area contributed by atoms with Gasteiger partial charge in [-0.3, -0.25) is 9.69 Å². The number of para-hydroxylation sites is 1. The van der Waals surface area contributed by atoms with Crippen molar-refractivity contribution >= 4 is 5.91 Å². The van der Waals surface area contributed by atoms with Crippen LogP contribution in [0.1, 0.15) is 29.5 Å². The molecule has 0 radical (unpaired) electrons. The van der Waals surface area contributed by atoms with Crippen LogP contribution in [0.3, 0.4) is 0 Å². The number of carbonyl (C=O) groups is 1. The quantitative estimate of drug-likeness (QED) is 0.885. The first-order valence-corrected chi connectivity index (χ1v) is 9.24. The summed E-state index contributed by atoms with van der Waals surface area (Å²) in [6.07, 6.45) is 0.801. The molecule has 3 atom stereocenters. The van der Waals surface area contributed by atoms with Crippen molar-refractivity contribution in [1.29, 1.82) is 0 Å². The number of nitrogens with two attached hydrogens (primary N) is 1. The SMILES string of the molecule is N[C@@H]1CN(CC(=O)NC2CCOc3ccccc32)C[C@H]1c1ccccc1. The number of hydrogen-bond donors (Lipinski definition) is 2. The molecular formula is C21H25N3O2. The van der Waals surface area contributed by atoms with Crippen molar-refractivity contribution in [2.45, 2.75) is 24.4 Å². The Labute approximate surface area is 154 Å². The van der Waals surface area contributed by atoms with Crippen LogP contribution in [0.5, 0.6) is 5.75 Å². The predicted octanol–water partition coefficient (Wildman–Crippen LogP) is 2.05. The van der Waals surface area contributed by atoms with Crippen molar-refractivity contribution < 1.29 is 9.53 Å². The van der Waals surface area contributed by atoms with E-state index in [-0.39, 0.29) is 23.9 Å². The van der Waals surface area contributed by atoms with Gasteiger partial charge >= 0.3 is 0 Å². The molecular weight excluding hydrogens is 326 g/mol. The lowest BCUT2D eigenvalue weighted by Gasteiger charge is -2.27. The van der Waals surface area contributed by atoms with Gasteiger partial charge in [0, 0.05) is 37.0 Å². The molecule has 0 bridgehead atoms. The zero-order valence-corrected chi connectivity index (χ0v) is 14.8. The van der Waals surface area contributed by atoms with Crippen LogP contribution in [0.25, 0.3) is 0 Å². The minimum absolute atomic E-state index is 0.0219. The van der Waals surface area contributed by atoms with Crippen LogP contribution in [0.2, 0.25) is 0 Å². The average molecular weight is 351 g/mol. The van der Waals surface area contributed by atoms with Crippen LogP contribution >= 0.6 is 0 Å². The normalized spacial score (nSPS) is 25.3. The third-order valence-electron chi connectivity index (χ3n) is 5.33. The van der Waals surface area contributed by atoms with E-state index in [1.165, 1.54) is 5.56 Å². The minimum Gasteiger partial charge on any atom is -0.493 e. The molecule has 136 valence electrons. The van der Waals surface area contributed by atoms with Crippen LogP contribution in [0.4, 0.5) is 0 Å². The van der Waals surface area contributed by atoms with Gasteiger partial charge in [-0.2, -0.15) is 0 Å². The molecule has 0 spiro atoms. The van der Waals surface area contributed by atoms with Crippen LogP contribution in [-0.4, -0.2) is 43.1 Å². The Morgan fingerprint density at radius 1 is 1.12 bits per heavy atom. The maximum absolute atomic E-state index is 12.6. The predicted molar refractivity (Wildman–Crippen MR) is 101 cm³/mol. The maximum atomic E-state index is 12.6. The molecule has 1 unspecified atom stereocenters. The van der Waals surface area contributed by atoms with Crippen molar-refractivity contribution in [3.05, 3.63) is 65.7 Å². The van der Waals surface area contributed by atoms with E-state index in [0.717, 1.165) is 30.8 Å². The minimum atomic E-state index is 0.0219.